The van der Waals surface area contributed by atoms with Gasteiger partial charge in [-0.3, -0.25) is 4.79 Å². The number of aromatic nitrogens is 2. The van der Waals surface area contributed by atoms with Crippen LogP contribution in [-0.4, -0.2) is 16.3 Å². The molecule has 0 saturated heterocycles. The lowest BCUT2D eigenvalue weighted by molar-refractivity contribution is 0.112. The van der Waals surface area contributed by atoms with Gasteiger partial charge < -0.3 is 0 Å². The molecule has 3 nitrogen and oxygen atoms in total. The maximum atomic E-state index is 13.3. The van der Waals surface area contributed by atoms with E-state index in [0.29, 0.717) is 17.4 Å². The van der Waals surface area contributed by atoms with Gasteiger partial charge in [0.15, 0.2) is 6.29 Å². The van der Waals surface area contributed by atoms with Crippen LogP contribution in [0, 0.1) is 5.82 Å². The fourth-order valence-electron chi connectivity index (χ4n) is 1.25. The molecule has 0 bridgehead atoms. The van der Waals surface area contributed by atoms with Gasteiger partial charge in [0.05, 0.1) is 5.56 Å². The molecule has 0 fully saturated rings. The first-order valence-electron chi connectivity index (χ1n) is 4.31. The van der Waals surface area contributed by atoms with E-state index in [-0.39, 0.29) is 5.56 Å². The molecule has 1 aromatic carbocycles. The summed E-state index contributed by atoms with van der Waals surface area (Å²) in [5, 5.41) is 0. The van der Waals surface area contributed by atoms with Crippen LogP contribution in [-0.2, 0) is 0 Å². The van der Waals surface area contributed by atoms with Gasteiger partial charge in [0, 0.05) is 18.0 Å². The van der Waals surface area contributed by atoms with Crippen LogP contribution < -0.4 is 0 Å². The molecule has 0 unspecified atom stereocenters. The highest BCUT2D eigenvalue weighted by Gasteiger charge is 2.04. The van der Waals surface area contributed by atoms with Crippen LogP contribution in [0.25, 0.3) is 11.1 Å². The summed E-state index contributed by atoms with van der Waals surface area (Å²) in [7, 11) is 0. The highest BCUT2D eigenvalue weighted by Crippen LogP contribution is 2.19. The molecule has 0 N–H and O–H groups in total. The molecule has 0 atom stereocenters. The predicted octanol–water partition coefficient (Wildman–Crippen LogP) is 2.10. The Labute approximate surface area is 85.6 Å². The third-order valence-electron chi connectivity index (χ3n) is 2.02. The number of rotatable bonds is 2. The predicted molar refractivity (Wildman–Crippen MR) is 52.8 cm³/mol. The molecule has 2 aromatic rings. The molecule has 15 heavy (non-hydrogen) atoms. The second-order valence-electron chi connectivity index (χ2n) is 2.98. The molecular formula is C11H7FN2O. The molecule has 74 valence electrons. The summed E-state index contributed by atoms with van der Waals surface area (Å²) in [6.45, 7) is 0. The lowest BCUT2D eigenvalue weighted by Gasteiger charge is -2.01. The number of benzene rings is 1. The lowest BCUT2D eigenvalue weighted by atomic mass is 10.1. The topological polar surface area (TPSA) is 42.9 Å². The zero-order chi connectivity index (χ0) is 10.7. The van der Waals surface area contributed by atoms with Crippen LogP contribution in [0.4, 0.5) is 4.39 Å². The van der Waals surface area contributed by atoms with Gasteiger partial charge in [-0.25, -0.2) is 14.4 Å². The minimum absolute atomic E-state index is 0.0515. The normalized spacial score (nSPS) is 9.93. The maximum Gasteiger partial charge on any atom is 0.152 e. The molecule has 0 aliphatic rings. The fourth-order valence-corrected chi connectivity index (χ4v) is 1.25. The van der Waals surface area contributed by atoms with Gasteiger partial charge in [-0.15, -0.1) is 0 Å². The molecule has 0 aliphatic heterocycles. The summed E-state index contributed by atoms with van der Waals surface area (Å²) in [5.74, 6) is -0.536. The average Bonchev–Trinajstić information content (AvgIpc) is 2.30. The number of carbonyl (C=O) groups is 1. The van der Waals surface area contributed by atoms with Crippen molar-refractivity contribution in [1.29, 1.82) is 0 Å². The third kappa shape index (κ3) is 1.88. The van der Waals surface area contributed by atoms with Crippen molar-refractivity contribution < 1.29 is 9.18 Å². The smallest absolute Gasteiger partial charge is 0.152 e. The summed E-state index contributed by atoms with van der Waals surface area (Å²) in [6, 6.07) is 4.39. The molecule has 4 heteroatoms. The SMILES string of the molecule is O=Cc1ccc(-c2cncnc2)cc1F. The van der Waals surface area contributed by atoms with E-state index in [1.54, 1.807) is 18.5 Å². The van der Waals surface area contributed by atoms with Crippen LogP contribution in [0.1, 0.15) is 10.4 Å². The standard InChI is InChI=1S/C11H7FN2O/c12-11-3-8(1-2-9(11)6-15)10-4-13-7-14-5-10/h1-7H. The van der Waals surface area contributed by atoms with Crippen LogP contribution in [0.3, 0.4) is 0 Å². The van der Waals surface area contributed by atoms with Crippen LogP contribution in [0.15, 0.2) is 36.9 Å². The quantitative estimate of drug-likeness (QED) is 0.700. The minimum Gasteiger partial charge on any atom is -0.298 e. The Balaban J connectivity index is 2.47. The van der Waals surface area contributed by atoms with Crippen molar-refractivity contribution in [3.05, 3.63) is 48.3 Å². The Kier molecular flexibility index (Phi) is 2.49. The first-order chi connectivity index (χ1) is 7.31. The summed E-state index contributed by atoms with van der Waals surface area (Å²) >= 11 is 0. The number of hydrogen-bond acceptors (Lipinski definition) is 3. The average molecular weight is 202 g/mol. The van der Waals surface area contributed by atoms with E-state index in [2.05, 4.69) is 9.97 Å². The fraction of sp³-hybridized carbons (Fsp3) is 0. The molecule has 0 amide bonds. The van der Waals surface area contributed by atoms with Gasteiger partial charge in [0.25, 0.3) is 0 Å². The Bertz CT molecular complexity index is 485. The van der Waals surface area contributed by atoms with Crippen molar-refractivity contribution in [2.75, 3.05) is 0 Å². The van der Waals surface area contributed by atoms with Gasteiger partial charge in [0.1, 0.15) is 12.1 Å². The second kappa shape index (κ2) is 3.96. The number of hydrogen-bond donors (Lipinski definition) is 0. The number of nitrogens with zero attached hydrogens (tertiary/aromatic N) is 2. The third-order valence-corrected chi connectivity index (χ3v) is 2.02. The first-order valence-corrected chi connectivity index (χ1v) is 4.31. The van der Waals surface area contributed by atoms with Gasteiger partial charge in [-0.1, -0.05) is 6.07 Å². The van der Waals surface area contributed by atoms with Crippen molar-refractivity contribution >= 4 is 6.29 Å². The molecule has 0 saturated carbocycles. The molecule has 1 heterocycles. The van der Waals surface area contributed by atoms with Crippen LogP contribution >= 0.6 is 0 Å². The van der Waals surface area contributed by atoms with E-state index in [9.17, 15) is 9.18 Å². The largest absolute Gasteiger partial charge is 0.298 e. The van der Waals surface area contributed by atoms with Crippen LogP contribution in [0.2, 0.25) is 0 Å². The van der Waals surface area contributed by atoms with Crippen molar-refractivity contribution in [1.82, 2.24) is 9.97 Å². The molecular weight excluding hydrogens is 195 g/mol. The molecule has 0 radical (unpaired) electrons. The number of aldehydes is 1. The van der Waals surface area contributed by atoms with Crippen molar-refractivity contribution in [3.8, 4) is 11.1 Å². The Morgan fingerprint density at radius 2 is 1.87 bits per heavy atom. The maximum absolute atomic E-state index is 13.3. The Morgan fingerprint density at radius 3 is 2.47 bits per heavy atom. The summed E-state index contributed by atoms with van der Waals surface area (Å²) in [6.07, 6.45) is 5.06. The summed E-state index contributed by atoms with van der Waals surface area (Å²) in [4.78, 5) is 18.1. The van der Waals surface area contributed by atoms with Crippen LogP contribution in [0.5, 0.6) is 0 Å². The first kappa shape index (κ1) is 9.45. The van der Waals surface area contributed by atoms with E-state index in [4.69, 9.17) is 0 Å². The molecule has 0 aliphatic carbocycles. The van der Waals surface area contributed by atoms with Gasteiger partial charge in [-0.2, -0.15) is 0 Å². The summed E-state index contributed by atoms with van der Waals surface area (Å²) < 4.78 is 13.3. The molecule has 1 aromatic heterocycles. The van der Waals surface area contributed by atoms with E-state index in [1.165, 1.54) is 18.5 Å². The highest BCUT2D eigenvalue weighted by atomic mass is 19.1. The number of halogens is 1. The van der Waals surface area contributed by atoms with E-state index in [0.717, 1.165) is 0 Å². The lowest BCUT2D eigenvalue weighted by Crippen LogP contribution is -1.89. The zero-order valence-electron chi connectivity index (χ0n) is 7.72. The monoisotopic (exact) mass is 202 g/mol. The Hall–Kier alpha value is -2.10. The van der Waals surface area contributed by atoms with Gasteiger partial charge in [-0.05, 0) is 17.7 Å². The van der Waals surface area contributed by atoms with E-state index >= 15 is 0 Å². The van der Waals surface area contributed by atoms with Gasteiger partial charge in [0.2, 0.25) is 0 Å². The van der Waals surface area contributed by atoms with Crippen molar-refractivity contribution in [2.45, 2.75) is 0 Å². The highest BCUT2D eigenvalue weighted by molar-refractivity contribution is 5.77. The zero-order valence-corrected chi connectivity index (χ0v) is 7.72. The molecule has 0 spiro atoms. The van der Waals surface area contributed by atoms with E-state index < -0.39 is 5.82 Å². The molecule has 2 rings (SSSR count). The second-order valence-corrected chi connectivity index (χ2v) is 2.98. The Morgan fingerprint density at radius 1 is 1.13 bits per heavy atom. The minimum atomic E-state index is -0.536. The number of carbonyl (C=O) groups excluding carboxylic acids is 1. The van der Waals surface area contributed by atoms with Gasteiger partial charge >= 0.3 is 0 Å². The van der Waals surface area contributed by atoms with Crippen molar-refractivity contribution in [2.24, 2.45) is 0 Å². The van der Waals surface area contributed by atoms with E-state index in [1.807, 2.05) is 0 Å². The van der Waals surface area contributed by atoms with Crippen molar-refractivity contribution in [3.63, 3.8) is 0 Å². The summed E-state index contributed by atoms with van der Waals surface area (Å²) in [5.41, 5.74) is 1.42.